The molecule has 156 valence electrons. The molecule has 0 aliphatic carbocycles. The first-order chi connectivity index (χ1) is 14.4. The first kappa shape index (κ1) is 19.2. The Kier molecular flexibility index (Phi) is 4.62. The van der Waals surface area contributed by atoms with E-state index in [9.17, 15) is 8.78 Å². The van der Waals surface area contributed by atoms with Gasteiger partial charge in [0.1, 0.15) is 5.82 Å². The predicted octanol–water partition coefficient (Wildman–Crippen LogP) is 4.58. The molecule has 1 aromatic heterocycles. The number of pyridine rings is 1. The maximum absolute atomic E-state index is 14.7. The number of aromatic nitrogens is 1. The third kappa shape index (κ3) is 3.39. The largest absolute Gasteiger partial charge is 0.369 e. The molecular formula is C24H26F2N4. The lowest BCUT2D eigenvalue weighted by molar-refractivity contribution is -0.00967. The van der Waals surface area contributed by atoms with Crippen LogP contribution in [0, 0.1) is 6.92 Å². The molecule has 2 aliphatic rings. The Balaban J connectivity index is 1.60. The molecule has 1 saturated heterocycles. The zero-order valence-electron chi connectivity index (χ0n) is 17.1. The summed E-state index contributed by atoms with van der Waals surface area (Å²) in [5.41, 5.74) is 10.1. The quantitative estimate of drug-likeness (QED) is 0.674. The van der Waals surface area contributed by atoms with Crippen LogP contribution in [0.3, 0.4) is 0 Å². The highest BCUT2D eigenvalue weighted by molar-refractivity contribution is 5.94. The van der Waals surface area contributed by atoms with Gasteiger partial charge >= 0.3 is 0 Å². The van der Waals surface area contributed by atoms with Crippen molar-refractivity contribution < 1.29 is 8.78 Å². The van der Waals surface area contributed by atoms with Crippen molar-refractivity contribution in [3.05, 3.63) is 65.2 Å². The van der Waals surface area contributed by atoms with Gasteiger partial charge in [0.15, 0.2) is 0 Å². The molecule has 1 atom stereocenters. The van der Waals surface area contributed by atoms with Crippen LogP contribution in [-0.4, -0.2) is 30.7 Å². The van der Waals surface area contributed by atoms with Crippen LogP contribution in [0.15, 0.2) is 48.5 Å². The Morgan fingerprint density at radius 2 is 1.90 bits per heavy atom. The van der Waals surface area contributed by atoms with Crippen LogP contribution >= 0.6 is 0 Å². The number of hydrogen-bond donors (Lipinski definition) is 1. The molecule has 4 nitrogen and oxygen atoms in total. The Morgan fingerprint density at radius 3 is 2.70 bits per heavy atom. The van der Waals surface area contributed by atoms with Crippen molar-refractivity contribution in [3.63, 3.8) is 0 Å². The van der Waals surface area contributed by atoms with Crippen molar-refractivity contribution in [3.8, 4) is 0 Å². The third-order valence-electron chi connectivity index (χ3n) is 6.29. The second kappa shape index (κ2) is 7.20. The lowest BCUT2D eigenvalue weighted by Crippen LogP contribution is -2.28. The van der Waals surface area contributed by atoms with E-state index < -0.39 is 5.92 Å². The van der Waals surface area contributed by atoms with E-state index in [1.54, 1.807) is 18.2 Å². The Labute approximate surface area is 175 Å². The van der Waals surface area contributed by atoms with Crippen LogP contribution in [0.2, 0.25) is 0 Å². The number of alkyl halides is 2. The number of halogens is 2. The van der Waals surface area contributed by atoms with Crippen LogP contribution in [-0.2, 0) is 12.5 Å². The molecule has 3 heterocycles. The average molecular weight is 408 g/mol. The van der Waals surface area contributed by atoms with Gasteiger partial charge in [0, 0.05) is 61.3 Å². The molecule has 2 aromatic carbocycles. The topological polar surface area (TPSA) is 45.4 Å². The zero-order chi connectivity index (χ0) is 20.9. The third-order valence-corrected chi connectivity index (χ3v) is 6.29. The van der Waals surface area contributed by atoms with E-state index in [1.165, 1.54) is 5.56 Å². The molecule has 0 radical (unpaired) electrons. The van der Waals surface area contributed by atoms with Crippen LogP contribution in [0.1, 0.15) is 29.5 Å². The maximum Gasteiger partial charge on any atom is 0.275 e. The molecule has 1 unspecified atom stereocenters. The van der Waals surface area contributed by atoms with Gasteiger partial charge in [0.2, 0.25) is 0 Å². The molecule has 5 rings (SSSR count). The highest BCUT2D eigenvalue weighted by Crippen LogP contribution is 2.39. The summed E-state index contributed by atoms with van der Waals surface area (Å²) in [4.78, 5) is 9.16. The van der Waals surface area contributed by atoms with E-state index in [-0.39, 0.29) is 24.6 Å². The summed E-state index contributed by atoms with van der Waals surface area (Å²) in [5.74, 6) is -2.08. The first-order valence-corrected chi connectivity index (χ1v) is 10.5. The number of hydrogen-bond acceptors (Lipinski definition) is 4. The molecule has 0 saturated carbocycles. The minimum Gasteiger partial charge on any atom is -0.369 e. The summed E-state index contributed by atoms with van der Waals surface area (Å²) in [7, 11) is 0. The van der Waals surface area contributed by atoms with E-state index >= 15 is 0 Å². The fraction of sp³-hybridized carbons (Fsp3) is 0.375. The van der Waals surface area contributed by atoms with E-state index in [1.807, 2.05) is 23.1 Å². The lowest BCUT2D eigenvalue weighted by atomic mass is 10.0. The summed E-state index contributed by atoms with van der Waals surface area (Å²) in [6, 6.07) is 15.3. The van der Waals surface area contributed by atoms with Crippen molar-refractivity contribution in [2.45, 2.75) is 38.3 Å². The number of nitrogens with zero attached hydrogens (tertiary/aromatic N) is 3. The fourth-order valence-corrected chi connectivity index (χ4v) is 4.64. The van der Waals surface area contributed by atoms with Gasteiger partial charge in [-0.2, -0.15) is 0 Å². The Morgan fingerprint density at radius 1 is 1.07 bits per heavy atom. The normalized spacial score (nSPS) is 21.0. The number of fused-ring (bicyclic) bond motifs is 2. The standard InChI is InChI=1S/C24H26F2N4/c1-16-6-7-21-19(12-16)22(29-10-8-18(27)15-29)13-23(28-21)30-11-9-24(25,26)20-5-3-2-4-17(20)14-30/h2-7,12-13,18H,8-11,14-15,27H2,1H3. The monoisotopic (exact) mass is 408 g/mol. The van der Waals surface area contributed by atoms with Crippen LogP contribution in [0.25, 0.3) is 10.9 Å². The number of benzene rings is 2. The molecular weight excluding hydrogens is 382 g/mol. The number of aryl methyl sites for hydroxylation is 1. The Hall–Kier alpha value is -2.73. The number of nitrogens with two attached hydrogens (primary N) is 1. The highest BCUT2D eigenvalue weighted by atomic mass is 19.3. The molecule has 1 fully saturated rings. The minimum atomic E-state index is -2.83. The molecule has 2 aliphatic heterocycles. The summed E-state index contributed by atoms with van der Waals surface area (Å²) in [6.07, 6.45) is 0.732. The molecule has 6 heteroatoms. The van der Waals surface area contributed by atoms with Crippen molar-refractivity contribution in [1.29, 1.82) is 0 Å². The van der Waals surface area contributed by atoms with E-state index in [2.05, 4.69) is 24.0 Å². The van der Waals surface area contributed by atoms with Gasteiger partial charge in [0.05, 0.1) is 5.52 Å². The van der Waals surface area contributed by atoms with E-state index in [4.69, 9.17) is 10.7 Å². The SMILES string of the molecule is Cc1ccc2nc(N3CCC(F)(F)c4ccccc4C3)cc(N3CCC(N)C3)c2c1. The second-order valence-electron chi connectivity index (χ2n) is 8.55. The van der Waals surface area contributed by atoms with Gasteiger partial charge in [-0.15, -0.1) is 0 Å². The minimum absolute atomic E-state index is 0.134. The molecule has 3 aromatic rings. The van der Waals surface area contributed by atoms with Crippen molar-refractivity contribution in [1.82, 2.24) is 4.98 Å². The summed E-state index contributed by atoms with van der Waals surface area (Å²) in [5, 5.41) is 1.09. The predicted molar refractivity (Wildman–Crippen MR) is 117 cm³/mol. The molecule has 2 N–H and O–H groups in total. The maximum atomic E-state index is 14.7. The first-order valence-electron chi connectivity index (χ1n) is 10.5. The van der Waals surface area contributed by atoms with E-state index in [0.29, 0.717) is 12.1 Å². The molecule has 0 bridgehead atoms. The zero-order valence-corrected chi connectivity index (χ0v) is 17.1. The van der Waals surface area contributed by atoms with E-state index in [0.717, 1.165) is 41.9 Å². The van der Waals surface area contributed by atoms with Crippen molar-refractivity contribution in [2.75, 3.05) is 29.4 Å². The fourth-order valence-electron chi connectivity index (χ4n) is 4.64. The summed E-state index contributed by atoms with van der Waals surface area (Å²) in [6.45, 7) is 4.45. The van der Waals surface area contributed by atoms with Gasteiger partial charge in [-0.05, 0) is 31.0 Å². The summed E-state index contributed by atoms with van der Waals surface area (Å²) < 4.78 is 29.5. The second-order valence-corrected chi connectivity index (χ2v) is 8.55. The van der Waals surface area contributed by atoms with Gasteiger partial charge in [-0.1, -0.05) is 35.9 Å². The molecule has 30 heavy (non-hydrogen) atoms. The van der Waals surface area contributed by atoms with Gasteiger partial charge < -0.3 is 15.5 Å². The van der Waals surface area contributed by atoms with Gasteiger partial charge in [0.25, 0.3) is 5.92 Å². The summed E-state index contributed by atoms with van der Waals surface area (Å²) >= 11 is 0. The smallest absolute Gasteiger partial charge is 0.275 e. The van der Waals surface area contributed by atoms with Crippen LogP contribution in [0.4, 0.5) is 20.3 Å². The highest BCUT2D eigenvalue weighted by Gasteiger charge is 2.37. The number of rotatable bonds is 2. The van der Waals surface area contributed by atoms with Crippen LogP contribution in [0.5, 0.6) is 0 Å². The average Bonchev–Trinajstić information content (AvgIpc) is 3.11. The van der Waals surface area contributed by atoms with Crippen molar-refractivity contribution in [2.24, 2.45) is 5.73 Å². The van der Waals surface area contributed by atoms with Crippen molar-refractivity contribution >= 4 is 22.4 Å². The lowest BCUT2D eigenvalue weighted by Gasteiger charge is -2.26. The van der Waals surface area contributed by atoms with Gasteiger partial charge in [-0.3, -0.25) is 0 Å². The van der Waals surface area contributed by atoms with Gasteiger partial charge in [-0.25, -0.2) is 13.8 Å². The number of anilines is 2. The Bertz CT molecular complexity index is 1100. The van der Waals surface area contributed by atoms with Crippen LogP contribution < -0.4 is 15.5 Å². The molecule has 0 amide bonds. The molecule has 0 spiro atoms.